The average molecular weight is 464 g/mol. The molecule has 0 aliphatic carbocycles. The summed E-state index contributed by atoms with van der Waals surface area (Å²) in [6, 6.07) is 8.26. The van der Waals surface area contributed by atoms with Gasteiger partial charge >= 0.3 is 6.09 Å². The van der Waals surface area contributed by atoms with Crippen molar-refractivity contribution in [3.63, 3.8) is 0 Å². The van der Waals surface area contributed by atoms with E-state index < -0.39 is 18.0 Å². The number of fused-ring (bicyclic) bond motifs is 3. The lowest BCUT2D eigenvalue weighted by Crippen LogP contribution is -2.29. The predicted octanol–water partition coefficient (Wildman–Crippen LogP) is 1.47. The molecular weight excluding hydrogens is 443 g/mol. The van der Waals surface area contributed by atoms with Gasteiger partial charge in [-0.2, -0.15) is 0 Å². The Morgan fingerprint density at radius 1 is 1.06 bits per heavy atom. The number of nitrogens with zero attached hydrogens (tertiary/aromatic N) is 8. The lowest BCUT2D eigenvalue weighted by molar-refractivity contribution is 0.129. The zero-order chi connectivity index (χ0) is 23.2. The molecule has 1 aromatic carbocycles. The molecule has 5 heterocycles. The number of aromatic nitrogens is 6. The Labute approximate surface area is 192 Å². The van der Waals surface area contributed by atoms with Gasteiger partial charge in [0.15, 0.2) is 5.65 Å². The second-order valence-corrected chi connectivity index (χ2v) is 8.29. The van der Waals surface area contributed by atoms with E-state index in [2.05, 4.69) is 15.3 Å². The largest absolute Gasteiger partial charge is 0.442 e. The van der Waals surface area contributed by atoms with Gasteiger partial charge in [-0.3, -0.25) is 14.4 Å². The Morgan fingerprint density at radius 3 is 2.71 bits per heavy atom. The highest BCUT2D eigenvalue weighted by atomic mass is 19.1. The standard InChI is InChI=1S/C22H21FN8O3/c23-18-12-15(29-14-16(34-22(29)33)13-28-7-6-25-26-28)3-4-19(18)27-8-10-30-20-17(2-1-5-24-20)21(32)31(30)11-9-27/h1-7,12,16H,8-11,13-14H2/t16-/m0/s1. The lowest BCUT2D eigenvalue weighted by Gasteiger charge is -2.23. The van der Waals surface area contributed by atoms with Crippen LogP contribution in [0.4, 0.5) is 20.6 Å². The van der Waals surface area contributed by atoms with E-state index in [4.69, 9.17) is 4.74 Å². The van der Waals surface area contributed by atoms with E-state index in [9.17, 15) is 9.59 Å². The summed E-state index contributed by atoms with van der Waals surface area (Å²) in [4.78, 5) is 32.8. The SMILES string of the molecule is O=C1O[C@@H](Cn2ccnn2)CN1c1ccc(N2CCn3c(=O)c4cccnc4n3CC2)c(F)c1. The molecule has 11 nitrogen and oxygen atoms in total. The second kappa shape index (κ2) is 7.97. The van der Waals surface area contributed by atoms with Crippen molar-refractivity contribution >= 4 is 28.5 Å². The molecule has 0 N–H and O–H groups in total. The summed E-state index contributed by atoms with van der Waals surface area (Å²) in [7, 11) is 0. The van der Waals surface area contributed by atoms with E-state index in [0.29, 0.717) is 61.7 Å². The molecule has 1 fully saturated rings. The van der Waals surface area contributed by atoms with E-state index >= 15 is 4.39 Å². The molecule has 1 saturated heterocycles. The van der Waals surface area contributed by atoms with Gasteiger partial charge in [0, 0.05) is 25.5 Å². The Bertz CT molecular complexity index is 1430. The summed E-state index contributed by atoms with van der Waals surface area (Å²) < 4.78 is 25.7. The van der Waals surface area contributed by atoms with Gasteiger partial charge < -0.3 is 9.64 Å². The zero-order valence-electron chi connectivity index (χ0n) is 18.1. The van der Waals surface area contributed by atoms with Crippen LogP contribution < -0.4 is 15.4 Å². The molecule has 0 unspecified atom stereocenters. The number of hydrogen-bond acceptors (Lipinski definition) is 7. The van der Waals surface area contributed by atoms with Crippen LogP contribution in [0.3, 0.4) is 0 Å². The fourth-order valence-corrected chi connectivity index (χ4v) is 4.65. The Hall–Kier alpha value is -4.22. The summed E-state index contributed by atoms with van der Waals surface area (Å²) in [6.45, 7) is 2.57. The molecule has 34 heavy (non-hydrogen) atoms. The van der Waals surface area contributed by atoms with Crippen molar-refractivity contribution in [3.8, 4) is 0 Å². The average Bonchev–Trinajstić information content (AvgIpc) is 3.50. The fraction of sp³-hybridized carbons (Fsp3) is 0.318. The van der Waals surface area contributed by atoms with Gasteiger partial charge in [0.05, 0.1) is 49.1 Å². The van der Waals surface area contributed by atoms with Crippen molar-refractivity contribution in [1.29, 1.82) is 0 Å². The number of rotatable bonds is 4. The van der Waals surface area contributed by atoms with Gasteiger partial charge in [0.25, 0.3) is 5.56 Å². The van der Waals surface area contributed by atoms with E-state index in [1.165, 1.54) is 11.0 Å². The van der Waals surface area contributed by atoms with Crippen LogP contribution in [-0.4, -0.2) is 61.2 Å². The number of carbonyl (C=O) groups is 1. The normalized spacial score (nSPS) is 18.3. The Morgan fingerprint density at radius 2 is 1.91 bits per heavy atom. The summed E-state index contributed by atoms with van der Waals surface area (Å²) in [5.74, 6) is -0.438. The first-order valence-electron chi connectivity index (χ1n) is 11.0. The summed E-state index contributed by atoms with van der Waals surface area (Å²) in [6.07, 6.45) is 3.98. The van der Waals surface area contributed by atoms with Crippen molar-refractivity contribution < 1.29 is 13.9 Å². The first kappa shape index (κ1) is 20.4. The number of ether oxygens (including phenoxy) is 1. The quantitative estimate of drug-likeness (QED) is 0.451. The van der Waals surface area contributed by atoms with Gasteiger partial charge in [-0.25, -0.2) is 23.5 Å². The Kier molecular flexibility index (Phi) is 4.78. The highest BCUT2D eigenvalue weighted by Crippen LogP contribution is 2.29. The molecule has 1 amide bonds. The number of anilines is 2. The van der Waals surface area contributed by atoms with E-state index in [1.807, 2.05) is 9.58 Å². The molecule has 0 saturated carbocycles. The molecule has 0 radical (unpaired) electrons. The molecule has 4 aromatic rings. The molecule has 3 aromatic heterocycles. The van der Waals surface area contributed by atoms with Crippen LogP contribution in [0.5, 0.6) is 0 Å². The van der Waals surface area contributed by atoms with Gasteiger partial charge in [-0.1, -0.05) is 5.21 Å². The third kappa shape index (κ3) is 3.38. The zero-order valence-corrected chi connectivity index (χ0v) is 18.1. The second-order valence-electron chi connectivity index (χ2n) is 8.29. The number of hydrogen-bond donors (Lipinski definition) is 0. The summed E-state index contributed by atoms with van der Waals surface area (Å²) in [5, 5.41) is 8.22. The third-order valence-corrected chi connectivity index (χ3v) is 6.27. The summed E-state index contributed by atoms with van der Waals surface area (Å²) >= 11 is 0. The molecule has 174 valence electrons. The van der Waals surface area contributed by atoms with Gasteiger partial charge in [-0.15, -0.1) is 5.10 Å². The molecular formula is C22H21FN8O3. The van der Waals surface area contributed by atoms with Crippen molar-refractivity contribution in [2.45, 2.75) is 25.7 Å². The van der Waals surface area contributed by atoms with Crippen LogP contribution in [0.2, 0.25) is 0 Å². The van der Waals surface area contributed by atoms with Gasteiger partial charge in [-0.05, 0) is 30.3 Å². The molecule has 2 aliphatic heterocycles. The van der Waals surface area contributed by atoms with Crippen LogP contribution in [0, 0.1) is 5.82 Å². The smallest absolute Gasteiger partial charge is 0.414 e. The highest BCUT2D eigenvalue weighted by molar-refractivity contribution is 5.90. The number of halogens is 1. The monoisotopic (exact) mass is 464 g/mol. The van der Waals surface area contributed by atoms with Crippen molar-refractivity contribution in [3.05, 3.63) is 65.1 Å². The molecule has 1 atom stereocenters. The summed E-state index contributed by atoms with van der Waals surface area (Å²) in [5.41, 5.74) is 1.40. The van der Waals surface area contributed by atoms with E-state index in [-0.39, 0.29) is 5.56 Å². The van der Waals surface area contributed by atoms with Crippen LogP contribution in [-0.2, 0) is 24.4 Å². The van der Waals surface area contributed by atoms with Crippen molar-refractivity contribution in [2.75, 3.05) is 29.4 Å². The number of amides is 1. The maximum Gasteiger partial charge on any atom is 0.414 e. The minimum Gasteiger partial charge on any atom is -0.442 e. The van der Waals surface area contributed by atoms with Crippen LogP contribution in [0.15, 0.2) is 53.7 Å². The molecule has 12 heteroatoms. The minimum absolute atomic E-state index is 0.0891. The molecule has 2 aliphatic rings. The van der Waals surface area contributed by atoms with Crippen LogP contribution >= 0.6 is 0 Å². The van der Waals surface area contributed by atoms with Crippen molar-refractivity contribution in [1.82, 2.24) is 29.3 Å². The third-order valence-electron chi connectivity index (χ3n) is 6.27. The number of cyclic esters (lactones) is 1. The predicted molar refractivity (Wildman–Crippen MR) is 120 cm³/mol. The maximum absolute atomic E-state index is 15.2. The van der Waals surface area contributed by atoms with E-state index in [1.54, 1.807) is 52.2 Å². The number of carbonyl (C=O) groups excluding carboxylic acids is 1. The topological polar surface area (TPSA) is 103 Å². The lowest BCUT2D eigenvalue weighted by atomic mass is 10.2. The van der Waals surface area contributed by atoms with Gasteiger partial charge in [0.1, 0.15) is 11.9 Å². The number of pyridine rings is 1. The number of benzene rings is 1. The Balaban J connectivity index is 1.20. The fourth-order valence-electron chi connectivity index (χ4n) is 4.65. The van der Waals surface area contributed by atoms with Crippen LogP contribution in [0.1, 0.15) is 0 Å². The van der Waals surface area contributed by atoms with E-state index in [0.717, 1.165) is 0 Å². The first-order valence-corrected chi connectivity index (χ1v) is 11.0. The first-order chi connectivity index (χ1) is 16.6. The maximum atomic E-state index is 15.2. The van der Waals surface area contributed by atoms with Crippen LogP contribution in [0.25, 0.3) is 11.0 Å². The minimum atomic E-state index is -0.523. The molecule has 0 spiro atoms. The van der Waals surface area contributed by atoms with Gasteiger partial charge in [0.2, 0.25) is 0 Å². The molecule has 0 bridgehead atoms. The highest BCUT2D eigenvalue weighted by Gasteiger charge is 2.33. The molecule has 6 rings (SSSR count). The van der Waals surface area contributed by atoms with Crippen molar-refractivity contribution in [2.24, 2.45) is 0 Å².